The van der Waals surface area contributed by atoms with Crippen LogP contribution in [0.15, 0.2) is 34.6 Å². The van der Waals surface area contributed by atoms with Gasteiger partial charge in [0.15, 0.2) is 23.1 Å². The van der Waals surface area contributed by atoms with Crippen LogP contribution in [-0.2, 0) is 25.6 Å². The number of aliphatic hydroxyl groups excluding tert-OH is 1. The number of Topliss-reactive ketones (excluding diaryl/α,β-unsaturated/α-hetero) is 3. The molecule has 0 radical (unpaired) electrons. The number of hydrogen-bond donors (Lipinski definition) is 5. The highest BCUT2D eigenvalue weighted by molar-refractivity contribution is 6.32. The van der Waals surface area contributed by atoms with Crippen molar-refractivity contribution in [2.45, 2.75) is 24.5 Å². The van der Waals surface area contributed by atoms with E-state index in [-0.39, 0.29) is 29.7 Å². The largest absolute Gasteiger partial charge is 0.507 e. The number of nitrogens with two attached hydrogens (primary N) is 2. The smallest absolute Gasteiger partial charge is 0.235 e. The number of phenols is 1. The Morgan fingerprint density at radius 1 is 1.22 bits per heavy atom. The minimum Gasteiger partial charge on any atom is -0.507 e. The average molecular weight is 495 g/mol. The first-order valence-corrected chi connectivity index (χ1v) is 11.3. The first kappa shape index (κ1) is 23.8. The summed E-state index contributed by atoms with van der Waals surface area (Å²) in [6.07, 6.45) is 3.04. The Hall–Kier alpha value is -3.96. The number of nitrogen functional groups attached to an aromatic ring is 1. The van der Waals surface area contributed by atoms with Crippen molar-refractivity contribution in [1.82, 2.24) is 4.90 Å². The number of likely N-dealkylation sites (N-methyl/N-ethyl adjacent to an activating group) is 1. The Bertz CT molecular complexity index is 1380. The van der Waals surface area contributed by atoms with E-state index in [1.165, 1.54) is 37.6 Å². The van der Waals surface area contributed by atoms with Gasteiger partial charge in [0.1, 0.15) is 11.5 Å². The number of carbonyl (C=O) groups is 4. The van der Waals surface area contributed by atoms with Gasteiger partial charge in [0.05, 0.1) is 29.8 Å². The summed E-state index contributed by atoms with van der Waals surface area (Å²) >= 11 is 0. The van der Waals surface area contributed by atoms with Crippen molar-refractivity contribution in [3.05, 3.63) is 41.4 Å². The maximum absolute atomic E-state index is 13.8. The van der Waals surface area contributed by atoms with Gasteiger partial charge >= 0.3 is 0 Å². The summed E-state index contributed by atoms with van der Waals surface area (Å²) in [7, 11) is 3.08. The molecular formula is C25H25N3O8. The molecule has 188 valence electrons. The predicted octanol–water partition coefficient (Wildman–Crippen LogP) is 0.179. The Labute approximate surface area is 205 Å². The van der Waals surface area contributed by atoms with Gasteiger partial charge in [-0.1, -0.05) is 0 Å². The van der Waals surface area contributed by atoms with E-state index in [0.29, 0.717) is 16.7 Å². The maximum Gasteiger partial charge on any atom is 0.235 e. The van der Waals surface area contributed by atoms with E-state index in [1.807, 2.05) is 0 Å². The Morgan fingerprint density at radius 2 is 1.92 bits per heavy atom. The molecule has 5 atom stereocenters. The van der Waals surface area contributed by atoms with Gasteiger partial charge in [0.25, 0.3) is 0 Å². The lowest BCUT2D eigenvalue weighted by molar-refractivity contribution is -0.175. The first-order valence-electron chi connectivity index (χ1n) is 11.3. The van der Waals surface area contributed by atoms with Crippen LogP contribution in [0, 0.1) is 17.8 Å². The molecule has 3 aliphatic rings. The van der Waals surface area contributed by atoms with Crippen LogP contribution in [0.5, 0.6) is 5.75 Å². The third-order valence-corrected chi connectivity index (χ3v) is 7.72. The highest BCUT2D eigenvalue weighted by atomic mass is 16.3. The zero-order valence-electron chi connectivity index (χ0n) is 19.5. The summed E-state index contributed by atoms with van der Waals surface area (Å²) in [6.45, 7) is 0. The topological polar surface area (TPSA) is 197 Å². The number of anilines is 1. The molecule has 2 aromatic rings. The molecule has 2 saturated carbocycles. The van der Waals surface area contributed by atoms with Gasteiger partial charge in [-0.2, -0.15) is 0 Å². The van der Waals surface area contributed by atoms with Crippen molar-refractivity contribution in [2.75, 3.05) is 19.8 Å². The van der Waals surface area contributed by atoms with Crippen LogP contribution < -0.4 is 11.5 Å². The number of rotatable bonds is 3. The highest BCUT2D eigenvalue weighted by Gasteiger charge is 2.67. The van der Waals surface area contributed by atoms with Gasteiger partial charge < -0.3 is 31.2 Å². The third kappa shape index (κ3) is 2.93. The van der Waals surface area contributed by atoms with Crippen molar-refractivity contribution in [3.63, 3.8) is 0 Å². The maximum atomic E-state index is 13.8. The molecule has 3 aliphatic carbocycles. The summed E-state index contributed by atoms with van der Waals surface area (Å²) in [5, 5.41) is 33.6. The van der Waals surface area contributed by atoms with Crippen LogP contribution in [-0.4, -0.2) is 69.2 Å². The number of phenolic OH excluding ortho intramolecular Hbond substituents is 1. The summed E-state index contributed by atoms with van der Waals surface area (Å²) in [5.41, 5.74) is 9.85. The molecule has 0 bridgehead atoms. The molecule has 11 nitrogen and oxygen atoms in total. The fourth-order valence-corrected chi connectivity index (χ4v) is 6.15. The van der Waals surface area contributed by atoms with Crippen molar-refractivity contribution in [1.29, 1.82) is 0 Å². The van der Waals surface area contributed by atoms with Crippen molar-refractivity contribution in [3.8, 4) is 16.9 Å². The van der Waals surface area contributed by atoms with Crippen LogP contribution >= 0.6 is 0 Å². The lowest BCUT2D eigenvalue weighted by Crippen LogP contribution is -2.72. The second-order valence-corrected chi connectivity index (χ2v) is 9.84. The number of nitrogens with zero attached hydrogens (tertiary/aromatic N) is 1. The van der Waals surface area contributed by atoms with Gasteiger partial charge in [-0.3, -0.25) is 24.1 Å². The van der Waals surface area contributed by atoms with E-state index >= 15 is 0 Å². The summed E-state index contributed by atoms with van der Waals surface area (Å²) < 4.78 is 5.17. The summed E-state index contributed by atoms with van der Waals surface area (Å²) in [5.74, 6) is -9.41. The first-order chi connectivity index (χ1) is 16.9. The lowest BCUT2D eigenvalue weighted by atomic mass is 9.54. The fourth-order valence-electron chi connectivity index (χ4n) is 6.15. The second kappa shape index (κ2) is 7.77. The molecule has 1 amide bonds. The molecule has 5 rings (SSSR count). The van der Waals surface area contributed by atoms with E-state index in [1.54, 1.807) is 6.07 Å². The number of fused-ring (bicyclic) bond motifs is 3. The van der Waals surface area contributed by atoms with E-state index in [0.717, 1.165) is 0 Å². The molecule has 1 unspecified atom stereocenters. The molecule has 2 fully saturated rings. The molecule has 0 saturated heterocycles. The van der Waals surface area contributed by atoms with Crippen molar-refractivity contribution in [2.24, 2.45) is 23.5 Å². The zero-order chi connectivity index (χ0) is 26.3. The average Bonchev–Trinajstić information content (AvgIpc) is 3.33. The number of hydrogen-bond acceptors (Lipinski definition) is 10. The van der Waals surface area contributed by atoms with Gasteiger partial charge in [-0.05, 0) is 56.1 Å². The normalized spacial score (nSPS) is 29.7. The predicted molar refractivity (Wildman–Crippen MR) is 125 cm³/mol. The SMILES string of the molecule is CN(C)[C@@H]1C(=O)C(C(N)=O)C(=O)[C@@]2(O)C(=O)C3=C(O)c4c(O)c(N)cc(-c5ccoc5)c4C[C@H]3C[C@@H]12. The quantitative estimate of drug-likeness (QED) is 0.222. The molecule has 1 aromatic heterocycles. The Balaban J connectivity index is 1.74. The number of furan rings is 1. The van der Waals surface area contributed by atoms with E-state index in [2.05, 4.69) is 0 Å². The van der Waals surface area contributed by atoms with E-state index in [9.17, 15) is 34.5 Å². The van der Waals surface area contributed by atoms with Crippen molar-refractivity contribution >= 4 is 34.7 Å². The van der Waals surface area contributed by atoms with E-state index in [4.69, 9.17) is 15.9 Å². The number of aromatic hydroxyl groups is 1. The number of aliphatic hydroxyl groups is 2. The van der Waals surface area contributed by atoms with Gasteiger partial charge in [0.2, 0.25) is 11.7 Å². The molecule has 0 aliphatic heterocycles. The third-order valence-electron chi connectivity index (χ3n) is 7.72. The fraction of sp³-hybridized carbons (Fsp3) is 0.360. The van der Waals surface area contributed by atoms with Crippen LogP contribution in [0.25, 0.3) is 16.9 Å². The van der Waals surface area contributed by atoms with Gasteiger partial charge in [0, 0.05) is 17.1 Å². The summed E-state index contributed by atoms with van der Waals surface area (Å²) in [4.78, 5) is 53.7. The second-order valence-electron chi connectivity index (χ2n) is 9.84. The number of carbonyl (C=O) groups excluding carboxylic acids is 4. The number of primary amides is 1. The van der Waals surface area contributed by atoms with Crippen LogP contribution in [0.1, 0.15) is 17.5 Å². The number of ketones is 3. The Kier molecular flexibility index (Phi) is 5.13. The van der Waals surface area contributed by atoms with Crippen LogP contribution in [0.3, 0.4) is 0 Å². The molecule has 0 spiro atoms. The molecule has 36 heavy (non-hydrogen) atoms. The van der Waals surface area contributed by atoms with Crippen LogP contribution in [0.4, 0.5) is 5.69 Å². The number of benzene rings is 1. The molecule has 1 heterocycles. The molecule has 1 aromatic carbocycles. The lowest BCUT2D eigenvalue weighted by Gasteiger charge is -2.51. The highest BCUT2D eigenvalue weighted by Crippen LogP contribution is 2.53. The standard InChI is InChI=1S/C25H25N3O8/c1-28(2)18-13-6-10-5-12-11(9-3-4-36-8-9)7-14(26)19(29)16(12)20(30)15(10)22(32)25(13,35)23(33)17(21(18)31)24(27)34/h3-4,7-8,10,13,17-18,29-30,35H,5-6,26H2,1-2H3,(H2,27,34)/t10-,13-,17?,18-,25-/m0/s1. The monoisotopic (exact) mass is 495 g/mol. The number of amides is 1. The van der Waals surface area contributed by atoms with Crippen molar-refractivity contribution < 1.29 is 38.9 Å². The van der Waals surface area contributed by atoms with Gasteiger partial charge in [-0.25, -0.2) is 0 Å². The zero-order valence-corrected chi connectivity index (χ0v) is 19.5. The van der Waals surface area contributed by atoms with Gasteiger partial charge in [-0.15, -0.1) is 0 Å². The summed E-state index contributed by atoms with van der Waals surface area (Å²) in [6, 6.07) is 2.07. The van der Waals surface area contributed by atoms with E-state index < -0.39 is 64.2 Å². The molecular weight excluding hydrogens is 470 g/mol. The molecule has 11 heteroatoms. The Morgan fingerprint density at radius 3 is 2.50 bits per heavy atom. The minimum atomic E-state index is -2.76. The minimum absolute atomic E-state index is 0.0250. The van der Waals surface area contributed by atoms with Crippen LogP contribution in [0.2, 0.25) is 0 Å². The molecule has 7 N–H and O–H groups in total.